The number of nitrogens with one attached hydrogen (secondary N) is 1. The normalized spacial score (nSPS) is 11.9. The largest absolute Gasteiger partial charge is 0.452 e. The van der Waals surface area contributed by atoms with E-state index in [1.54, 1.807) is 67.3 Å². The van der Waals surface area contributed by atoms with Gasteiger partial charge in [-0.05, 0) is 49.4 Å². The van der Waals surface area contributed by atoms with Gasteiger partial charge in [0.15, 0.2) is 6.10 Å². The number of esters is 1. The lowest BCUT2D eigenvalue weighted by atomic mass is 10.1. The SMILES string of the molecule is CC(C)C(=O)Nc1ccc(C(=O)C(C)OC(=O)c2ccc(Cn3cccn3)o2)cc1. The van der Waals surface area contributed by atoms with Gasteiger partial charge in [0.05, 0.1) is 6.54 Å². The Morgan fingerprint density at radius 2 is 1.83 bits per heavy atom. The topological polar surface area (TPSA) is 103 Å². The number of hydrogen-bond donors (Lipinski definition) is 1. The summed E-state index contributed by atoms with van der Waals surface area (Å²) in [6.45, 7) is 5.47. The van der Waals surface area contributed by atoms with Crippen molar-refractivity contribution in [2.75, 3.05) is 5.32 Å². The highest BCUT2D eigenvalue weighted by molar-refractivity contribution is 6.01. The summed E-state index contributed by atoms with van der Waals surface area (Å²) in [5.74, 6) is -0.766. The minimum Gasteiger partial charge on any atom is -0.452 e. The molecule has 1 N–H and O–H groups in total. The average Bonchev–Trinajstić information content (AvgIpc) is 3.40. The van der Waals surface area contributed by atoms with Gasteiger partial charge in [-0.15, -0.1) is 0 Å². The number of aromatic nitrogens is 2. The van der Waals surface area contributed by atoms with E-state index in [1.165, 1.54) is 13.0 Å². The molecule has 1 amide bonds. The predicted molar refractivity (Wildman–Crippen MR) is 109 cm³/mol. The molecule has 0 saturated heterocycles. The molecule has 0 fully saturated rings. The van der Waals surface area contributed by atoms with Gasteiger partial charge in [-0.1, -0.05) is 13.8 Å². The first-order valence-corrected chi connectivity index (χ1v) is 9.55. The molecule has 2 aromatic heterocycles. The maximum Gasteiger partial charge on any atom is 0.374 e. The zero-order chi connectivity index (χ0) is 21.7. The van der Waals surface area contributed by atoms with Crippen molar-refractivity contribution in [1.82, 2.24) is 9.78 Å². The van der Waals surface area contributed by atoms with Crippen molar-refractivity contribution in [2.45, 2.75) is 33.4 Å². The van der Waals surface area contributed by atoms with Crippen LogP contribution in [-0.2, 0) is 16.1 Å². The van der Waals surface area contributed by atoms with Crippen LogP contribution in [0.2, 0.25) is 0 Å². The van der Waals surface area contributed by atoms with Crippen LogP contribution in [-0.4, -0.2) is 33.5 Å². The van der Waals surface area contributed by atoms with Gasteiger partial charge in [0.1, 0.15) is 5.76 Å². The van der Waals surface area contributed by atoms with E-state index in [1.807, 2.05) is 0 Å². The lowest BCUT2D eigenvalue weighted by Gasteiger charge is -2.12. The molecule has 0 aliphatic rings. The summed E-state index contributed by atoms with van der Waals surface area (Å²) >= 11 is 0. The molecule has 1 atom stereocenters. The molecule has 0 aliphatic carbocycles. The second-order valence-electron chi connectivity index (χ2n) is 7.10. The lowest BCUT2D eigenvalue weighted by molar-refractivity contribution is -0.118. The van der Waals surface area contributed by atoms with Gasteiger partial charge < -0.3 is 14.5 Å². The Labute approximate surface area is 173 Å². The Bertz CT molecular complexity index is 1020. The van der Waals surface area contributed by atoms with Crippen LogP contribution in [0.1, 0.15) is 47.4 Å². The highest BCUT2D eigenvalue weighted by Gasteiger charge is 2.22. The van der Waals surface area contributed by atoms with Crippen molar-refractivity contribution in [3.63, 3.8) is 0 Å². The van der Waals surface area contributed by atoms with Crippen molar-refractivity contribution >= 4 is 23.3 Å². The molecule has 3 aromatic rings. The second kappa shape index (κ2) is 9.21. The number of hydrogen-bond acceptors (Lipinski definition) is 6. The van der Waals surface area contributed by atoms with Crippen LogP contribution < -0.4 is 5.32 Å². The number of ketones is 1. The lowest BCUT2D eigenvalue weighted by Crippen LogP contribution is -2.24. The number of carbonyl (C=O) groups is 3. The molecule has 156 valence electrons. The fraction of sp³-hybridized carbons (Fsp3) is 0.273. The van der Waals surface area contributed by atoms with Gasteiger partial charge in [0.25, 0.3) is 0 Å². The van der Waals surface area contributed by atoms with E-state index in [0.29, 0.717) is 23.6 Å². The Morgan fingerprint density at radius 1 is 1.10 bits per heavy atom. The Morgan fingerprint density at radius 3 is 2.47 bits per heavy atom. The van der Waals surface area contributed by atoms with Crippen LogP contribution in [0.4, 0.5) is 5.69 Å². The van der Waals surface area contributed by atoms with Crippen molar-refractivity contribution in [2.24, 2.45) is 5.92 Å². The van der Waals surface area contributed by atoms with E-state index in [4.69, 9.17) is 9.15 Å². The molecule has 1 unspecified atom stereocenters. The molecule has 0 aliphatic heterocycles. The fourth-order valence-electron chi connectivity index (χ4n) is 2.64. The summed E-state index contributed by atoms with van der Waals surface area (Å²) in [5.41, 5.74) is 0.965. The zero-order valence-corrected chi connectivity index (χ0v) is 17.0. The monoisotopic (exact) mass is 409 g/mol. The van der Waals surface area contributed by atoms with Crippen LogP contribution in [0.15, 0.2) is 59.3 Å². The molecule has 1 aromatic carbocycles. The van der Waals surface area contributed by atoms with Crippen molar-refractivity contribution in [3.8, 4) is 0 Å². The average molecular weight is 409 g/mol. The van der Waals surface area contributed by atoms with Crippen LogP contribution in [0.25, 0.3) is 0 Å². The molecule has 0 saturated carbocycles. The predicted octanol–water partition coefficient (Wildman–Crippen LogP) is 3.55. The molecule has 3 rings (SSSR count). The summed E-state index contributed by atoms with van der Waals surface area (Å²) in [6, 6.07) is 11.4. The van der Waals surface area contributed by atoms with Gasteiger partial charge in [-0.25, -0.2) is 4.79 Å². The Balaban J connectivity index is 1.58. The number of rotatable bonds is 8. The van der Waals surface area contributed by atoms with E-state index < -0.39 is 12.1 Å². The summed E-state index contributed by atoms with van der Waals surface area (Å²) in [4.78, 5) is 36.6. The number of carbonyl (C=O) groups excluding carboxylic acids is 3. The summed E-state index contributed by atoms with van der Waals surface area (Å²) in [7, 11) is 0. The number of furan rings is 1. The van der Waals surface area contributed by atoms with Gasteiger partial charge in [-0.2, -0.15) is 5.10 Å². The van der Waals surface area contributed by atoms with Gasteiger partial charge >= 0.3 is 5.97 Å². The standard InChI is InChI=1S/C22H23N3O5/c1-14(2)21(27)24-17-7-5-16(6-8-17)20(26)15(3)29-22(28)19-10-9-18(30-19)13-25-12-4-11-23-25/h4-12,14-15H,13H2,1-3H3,(H,24,27). The summed E-state index contributed by atoms with van der Waals surface area (Å²) in [5, 5.41) is 6.83. The Kier molecular flexibility index (Phi) is 6.46. The first-order valence-electron chi connectivity index (χ1n) is 9.55. The molecule has 8 heteroatoms. The third-order valence-electron chi connectivity index (χ3n) is 4.35. The molecular weight excluding hydrogens is 386 g/mol. The molecule has 0 bridgehead atoms. The molecule has 2 heterocycles. The molecular formula is C22H23N3O5. The number of amides is 1. The fourth-order valence-corrected chi connectivity index (χ4v) is 2.64. The van der Waals surface area contributed by atoms with E-state index in [-0.39, 0.29) is 23.4 Å². The first kappa shape index (κ1) is 21.0. The van der Waals surface area contributed by atoms with Crippen molar-refractivity contribution in [1.29, 1.82) is 0 Å². The minimum atomic E-state index is -0.992. The number of anilines is 1. The molecule has 8 nitrogen and oxygen atoms in total. The minimum absolute atomic E-state index is 0.0172. The maximum atomic E-state index is 12.6. The number of benzene rings is 1. The van der Waals surface area contributed by atoms with Gasteiger partial charge in [0, 0.05) is 29.6 Å². The zero-order valence-electron chi connectivity index (χ0n) is 17.0. The van der Waals surface area contributed by atoms with E-state index in [0.717, 1.165) is 0 Å². The molecule has 0 spiro atoms. The third-order valence-corrected chi connectivity index (χ3v) is 4.35. The van der Waals surface area contributed by atoms with Gasteiger partial charge in [0.2, 0.25) is 17.5 Å². The second-order valence-corrected chi connectivity index (χ2v) is 7.10. The van der Waals surface area contributed by atoms with E-state index in [9.17, 15) is 14.4 Å². The maximum absolute atomic E-state index is 12.6. The molecule has 30 heavy (non-hydrogen) atoms. The highest BCUT2D eigenvalue weighted by Crippen LogP contribution is 2.16. The summed E-state index contributed by atoms with van der Waals surface area (Å²) in [6.07, 6.45) is 2.44. The van der Waals surface area contributed by atoms with Crippen molar-refractivity contribution < 1.29 is 23.5 Å². The van der Waals surface area contributed by atoms with Crippen LogP contribution in [0, 0.1) is 5.92 Å². The number of ether oxygens (including phenoxy) is 1. The smallest absolute Gasteiger partial charge is 0.374 e. The number of nitrogens with zero attached hydrogens (tertiary/aromatic N) is 2. The third kappa shape index (κ3) is 5.22. The van der Waals surface area contributed by atoms with E-state index in [2.05, 4.69) is 10.4 Å². The van der Waals surface area contributed by atoms with Crippen LogP contribution in [0.3, 0.4) is 0 Å². The highest BCUT2D eigenvalue weighted by atomic mass is 16.6. The summed E-state index contributed by atoms with van der Waals surface area (Å²) < 4.78 is 12.4. The van der Waals surface area contributed by atoms with Crippen LogP contribution >= 0.6 is 0 Å². The first-order chi connectivity index (χ1) is 14.3. The Hall–Kier alpha value is -3.68. The molecule has 0 radical (unpaired) electrons. The van der Waals surface area contributed by atoms with Gasteiger partial charge in [-0.3, -0.25) is 14.3 Å². The van der Waals surface area contributed by atoms with Crippen LogP contribution in [0.5, 0.6) is 0 Å². The van der Waals surface area contributed by atoms with Crippen molar-refractivity contribution in [3.05, 3.63) is 71.9 Å². The quantitative estimate of drug-likeness (QED) is 0.451. The number of Topliss-reactive ketones (excluding diaryl/α,β-unsaturated/α-hetero) is 1. The van der Waals surface area contributed by atoms with E-state index >= 15 is 0 Å².